The van der Waals surface area contributed by atoms with E-state index in [9.17, 15) is 4.79 Å². The standard InChI is InChI=1S/C22H24N4O4/c1-28-15-10-19(29-2)17(20(11-15)30-3)13-26-9-6-18-16(12-26)22(27)25-21(24-18)14-4-7-23-8-5-14/h4-5,7-8,10-11H,6,9,12-13H2,1-3H3,(H,24,25,27). The fraction of sp³-hybridized carbons (Fsp3) is 0.318. The number of aromatic nitrogens is 3. The number of rotatable bonds is 6. The molecule has 0 fully saturated rings. The number of methoxy groups -OCH3 is 3. The molecule has 0 spiro atoms. The number of pyridine rings is 1. The van der Waals surface area contributed by atoms with Crippen LogP contribution in [0.5, 0.6) is 17.2 Å². The van der Waals surface area contributed by atoms with E-state index in [1.807, 2.05) is 24.3 Å². The van der Waals surface area contributed by atoms with Crippen molar-refractivity contribution in [3.05, 3.63) is 63.8 Å². The van der Waals surface area contributed by atoms with Crippen LogP contribution in [-0.2, 0) is 19.5 Å². The van der Waals surface area contributed by atoms with Crippen LogP contribution in [0.4, 0.5) is 0 Å². The molecule has 0 aliphatic carbocycles. The van der Waals surface area contributed by atoms with E-state index in [1.54, 1.807) is 33.7 Å². The quantitative estimate of drug-likeness (QED) is 0.670. The van der Waals surface area contributed by atoms with Crippen molar-refractivity contribution in [2.24, 2.45) is 0 Å². The lowest BCUT2D eigenvalue weighted by Gasteiger charge is -2.29. The van der Waals surface area contributed by atoms with Gasteiger partial charge in [-0.1, -0.05) is 0 Å². The Morgan fingerprint density at radius 2 is 1.77 bits per heavy atom. The topological polar surface area (TPSA) is 89.6 Å². The first kappa shape index (κ1) is 19.9. The Kier molecular flexibility index (Phi) is 5.67. The molecule has 1 aliphatic heterocycles. The normalized spacial score (nSPS) is 13.6. The molecule has 0 atom stereocenters. The van der Waals surface area contributed by atoms with Crippen molar-refractivity contribution in [3.63, 3.8) is 0 Å². The van der Waals surface area contributed by atoms with Gasteiger partial charge in [0, 0.05) is 56.1 Å². The van der Waals surface area contributed by atoms with Crippen LogP contribution in [-0.4, -0.2) is 47.7 Å². The molecule has 8 nitrogen and oxygen atoms in total. The molecule has 0 radical (unpaired) electrons. The molecule has 156 valence electrons. The van der Waals surface area contributed by atoms with E-state index in [0.29, 0.717) is 48.1 Å². The van der Waals surface area contributed by atoms with Crippen molar-refractivity contribution in [2.75, 3.05) is 27.9 Å². The molecule has 0 amide bonds. The molecule has 1 N–H and O–H groups in total. The summed E-state index contributed by atoms with van der Waals surface area (Å²) in [6, 6.07) is 7.35. The zero-order chi connectivity index (χ0) is 21.1. The lowest BCUT2D eigenvalue weighted by molar-refractivity contribution is 0.233. The lowest BCUT2D eigenvalue weighted by Crippen LogP contribution is -2.35. The first-order valence-electron chi connectivity index (χ1n) is 9.66. The van der Waals surface area contributed by atoms with Gasteiger partial charge in [0.05, 0.1) is 38.2 Å². The molecular weight excluding hydrogens is 384 g/mol. The van der Waals surface area contributed by atoms with Crippen LogP contribution in [0, 0.1) is 0 Å². The van der Waals surface area contributed by atoms with Gasteiger partial charge in [-0.05, 0) is 12.1 Å². The van der Waals surface area contributed by atoms with E-state index in [-0.39, 0.29) is 5.56 Å². The third-order valence-electron chi connectivity index (χ3n) is 5.30. The maximum atomic E-state index is 12.8. The summed E-state index contributed by atoms with van der Waals surface area (Å²) < 4.78 is 16.4. The molecule has 0 unspecified atom stereocenters. The first-order chi connectivity index (χ1) is 14.6. The summed E-state index contributed by atoms with van der Waals surface area (Å²) in [5.74, 6) is 2.63. The van der Waals surface area contributed by atoms with Gasteiger partial charge in [-0.15, -0.1) is 0 Å². The molecular formula is C22H24N4O4. The van der Waals surface area contributed by atoms with Gasteiger partial charge >= 0.3 is 0 Å². The number of benzene rings is 1. The van der Waals surface area contributed by atoms with Crippen molar-refractivity contribution in [3.8, 4) is 28.6 Å². The van der Waals surface area contributed by atoms with Crippen molar-refractivity contribution in [2.45, 2.75) is 19.5 Å². The highest BCUT2D eigenvalue weighted by atomic mass is 16.5. The molecule has 2 aromatic heterocycles. The Morgan fingerprint density at radius 3 is 2.40 bits per heavy atom. The summed E-state index contributed by atoms with van der Waals surface area (Å²) in [5.41, 5.74) is 3.20. The maximum absolute atomic E-state index is 12.8. The molecule has 30 heavy (non-hydrogen) atoms. The van der Waals surface area contributed by atoms with Crippen LogP contribution in [0.1, 0.15) is 16.8 Å². The highest BCUT2D eigenvalue weighted by Gasteiger charge is 2.24. The number of nitrogens with zero attached hydrogens (tertiary/aromatic N) is 3. The second kappa shape index (κ2) is 8.54. The molecule has 0 saturated carbocycles. The van der Waals surface area contributed by atoms with Crippen molar-refractivity contribution in [1.82, 2.24) is 19.9 Å². The Bertz CT molecular complexity index is 1070. The number of ether oxygens (including phenoxy) is 3. The maximum Gasteiger partial charge on any atom is 0.255 e. The average Bonchev–Trinajstić information content (AvgIpc) is 2.79. The van der Waals surface area contributed by atoms with Gasteiger partial charge in [0.1, 0.15) is 23.1 Å². The Hall–Kier alpha value is -3.39. The van der Waals surface area contributed by atoms with Crippen LogP contribution in [0.2, 0.25) is 0 Å². The summed E-state index contributed by atoms with van der Waals surface area (Å²) in [7, 11) is 4.85. The van der Waals surface area contributed by atoms with Gasteiger partial charge < -0.3 is 19.2 Å². The van der Waals surface area contributed by atoms with Crippen LogP contribution in [0.25, 0.3) is 11.4 Å². The highest BCUT2D eigenvalue weighted by molar-refractivity contribution is 5.54. The summed E-state index contributed by atoms with van der Waals surface area (Å²) >= 11 is 0. The number of fused-ring (bicyclic) bond motifs is 1. The SMILES string of the molecule is COc1cc(OC)c(CN2CCc3nc(-c4ccncc4)[nH]c(=O)c3C2)c(OC)c1. The van der Waals surface area contributed by atoms with Gasteiger partial charge in [-0.3, -0.25) is 14.7 Å². The second-order valence-corrected chi connectivity index (χ2v) is 7.05. The minimum absolute atomic E-state index is 0.106. The Morgan fingerprint density at radius 1 is 1.07 bits per heavy atom. The number of nitrogens with one attached hydrogen (secondary N) is 1. The van der Waals surface area contributed by atoms with Gasteiger partial charge in [0.15, 0.2) is 0 Å². The second-order valence-electron chi connectivity index (χ2n) is 7.05. The van der Waals surface area contributed by atoms with E-state index < -0.39 is 0 Å². The predicted molar refractivity (Wildman–Crippen MR) is 112 cm³/mol. The molecule has 3 heterocycles. The minimum atomic E-state index is -0.106. The van der Waals surface area contributed by atoms with E-state index in [1.165, 1.54) is 0 Å². The third-order valence-corrected chi connectivity index (χ3v) is 5.30. The molecule has 8 heteroatoms. The number of H-pyrrole nitrogens is 1. The largest absolute Gasteiger partial charge is 0.496 e. The number of aromatic amines is 1. The van der Waals surface area contributed by atoms with Gasteiger partial charge in [-0.25, -0.2) is 4.98 Å². The molecule has 0 bridgehead atoms. The van der Waals surface area contributed by atoms with Crippen molar-refractivity contribution < 1.29 is 14.2 Å². The van der Waals surface area contributed by atoms with E-state index in [0.717, 1.165) is 23.4 Å². The van der Waals surface area contributed by atoms with Crippen LogP contribution in [0.15, 0.2) is 41.5 Å². The van der Waals surface area contributed by atoms with E-state index in [4.69, 9.17) is 19.2 Å². The molecule has 1 aliphatic rings. The van der Waals surface area contributed by atoms with Crippen LogP contribution < -0.4 is 19.8 Å². The van der Waals surface area contributed by atoms with Gasteiger partial charge in [0.2, 0.25) is 0 Å². The molecule has 0 saturated heterocycles. The monoisotopic (exact) mass is 408 g/mol. The Balaban J connectivity index is 1.61. The fourth-order valence-electron chi connectivity index (χ4n) is 3.72. The summed E-state index contributed by atoms with van der Waals surface area (Å²) in [6.07, 6.45) is 4.07. The predicted octanol–water partition coefficient (Wildman–Crippen LogP) is 2.42. The Labute approximate surface area is 174 Å². The number of hydrogen-bond donors (Lipinski definition) is 1. The van der Waals surface area contributed by atoms with Crippen LogP contribution in [0.3, 0.4) is 0 Å². The van der Waals surface area contributed by atoms with E-state index in [2.05, 4.69) is 14.9 Å². The highest BCUT2D eigenvalue weighted by Crippen LogP contribution is 2.35. The van der Waals surface area contributed by atoms with E-state index >= 15 is 0 Å². The number of hydrogen-bond acceptors (Lipinski definition) is 7. The summed E-state index contributed by atoms with van der Waals surface area (Å²) in [4.78, 5) is 26.6. The zero-order valence-electron chi connectivity index (χ0n) is 17.3. The molecule has 1 aromatic carbocycles. The summed E-state index contributed by atoms with van der Waals surface area (Å²) in [6.45, 7) is 1.87. The fourth-order valence-corrected chi connectivity index (χ4v) is 3.72. The first-order valence-corrected chi connectivity index (χ1v) is 9.66. The van der Waals surface area contributed by atoms with Crippen molar-refractivity contribution >= 4 is 0 Å². The smallest absolute Gasteiger partial charge is 0.255 e. The van der Waals surface area contributed by atoms with Crippen molar-refractivity contribution in [1.29, 1.82) is 0 Å². The third kappa shape index (κ3) is 3.86. The summed E-state index contributed by atoms with van der Waals surface area (Å²) in [5, 5.41) is 0. The molecule has 3 aromatic rings. The van der Waals surface area contributed by atoms with Crippen LogP contribution >= 0.6 is 0 Å². The van der Waals surface area contributed by atoms with Gasteiger partial charge in [0.25, 0.3) is 5.56 Å². The zero-order valence-corrected chi connectivity index (χ0v) is 17.3. The minimum Gasteiger partial charge on any atom is -0.496 e. The van der Waals surface area contributed by atoms with Gasteiger partial charge in [-0.2, -0.15) is 0 Å². The lowest BCUT2D eigenvalue weighted by atomic mass is 10.0. The average molecular weight is 408 g/mol. The molecule has 4 rings (SSSR count).